The first-order chi connectivity index (χ1) is 11.8. The Balaban J connectivity index is 0.00000243. The molecule has 0 radical (unpaired) electrons. The van der Waals surface area contributed by atoms with Crippen molar-refractivity contribution >= 4 is 34.0 Å². The monoisotopic (exact) mass is 395 g/mol. The van der Waals surface area contributed by atoms with Crippen LogP contribution in [0.3, 0.4) is 0 Å². The van der Waals surface area contributed by atoms with Crippen molar-refractivity contribution in [2.24, 2.45) is 5.73 Å². The number of anilines is 1. The number of sulfonamides is 1. The van der Waals surface area contributed by atoms with Crippen molar-refractivity contribution in [1.29, 1.82) is 0 Å². The van der Waals surface area contributed by atoms with Crippen molar-refractivity contribution in [3.8, 4) is 0 Å². The van der Waals surface area contributed by atoms with Gasteiger partial charge in [0.25, 0.3) is 15.9 Å². The summed E-state index contributed by atoms with van der Waals surface area (Å²) in [4.78, 5) is 14.2. The number of likely N-dealkylation sites (tertiary alicyclic amines) is 1. The molecule has 0 aliphatic carbocycles. The Hall–Kier alpha value is -2.09. The number of nitrogens with zero attached hydrogens (tertiary/aromatic N) is 1. The van der Waals surface area contributed by atoms with Crippen molar-refractivity contribution in [3.63, 3.8) is 0 Å². The fourth-order valence-corrected chi connectivity index (χ4v) is 3.83. The lowest BCUT2D eigenvalue weighted by Gasteiger charge is -2.16. The number of rotatable bonds is 4. The summed E-state index contributed by atoms with van der Waals surface area (Å²) in [7, 11) is -3.69. The van der Waals surface area contributed by atoms with E-state index in [1.54, 1.807) is 17.0 Å². The summed E-state index contributed by atoms with van der Waals surface area (Å²) < 4.78 is 27.4. The Morgan fingerprint density at radius 3 is 2.27 bits per heavy atom. The van der Waals surface area contributed by atoms with Gasteiger partial charge in [-0.25, -0.2) is 8.42 Å². The molecule has 1 saturated heterocycles. The highest BCUT2D eigenvalue weighted by Gasteiger charge is 2.25. The number of amides is 1. The van der Waals surface area contributed by atoms with Crippen LogP contribution in [-0.2, 0) is 10.0 Å². The van der Waals surface area contributed by atoms with E-state index in [1.807, 2.05) is 19.1 Å². The number of aryl methyl sites for hydroxylation is 1. The molecule has 6 nitrogen and oxygen atoms in total. The molecule has 0 saturated carbocycles. The maximum atomic E-state index is 12.4. The van der Waals surface area contributed by atoms with Gasteiger partial charge in [0.2, 0.25) is 0 Å². The van der Waals surface area contributed by atoms with Crippen LogP contribution in [0.4, 0.5) is 5.69 Å². The summed E-state index contributed by atoms with van der Waals surface area (Å²) in [5.74, 6) is -0.122. The second kappa shape index (κ2) is 8.07. The van der Waals surface area contributed by atoms with E-state index in [1.165, 1.54) is 24.3 Å². The number of nitrogens with one attached hydrogen (secondary N) is 1. The van der Waals surface area contributed by atoms with Gasteiger partial charge in [0.1, 0.15) is 0 Å². The predicted molar refractivity (Wildman–Crippen MR) is 104 cm³/mol. The highest BCUT2D eigenvalue weighted by molar-refractivity contribution is 7.92. The van der Waals surface area contributed by atoms with Gasteiger partial charge in [-0.15, -0.1) is 12.4 Å². The average molecular weight is 396 g/mol. The van der Waals surface area contributed by atoms with Crippen LogP contribution >= 0.6 is 12.4 Å². The molecule has 1 aliphatic rings. The van der Waals surface area contributed by atoms with Crippen molar-refractivity contribution in [2.45, 2.75) is 24.3 Å². The SMILES string of the molecule is Cc1ccc(NS(=O)(=O)c2ccc(C(=O)N3CC[C@@H](N)C3)cc2)cc1.Cl. The first-order valence-electron chi connectivity index (χ1n) is 8.09. The van der Waals surface area contributed by atoms with Crippen LogP contribution in [0.5, 0.6) is 0 Å². The van der Waals surface area contributed by atoms with E-state index >= 15 is 0 Å². The van der Waals surface area contributed by atoms with E-state index in [4.69, 9.17) is 5.73 Å². The summed E-state index contributed by atoms with van der Waals surface area (Å²) in [5.41, 5.74) is 7.83. The quantitative estimate of drug-likeness (QED) is 0.831. The Morgan fingerprint density at radius 1 is 1.12 bits per heavy atom. The fourth-order valence-electron chi connectivity index (χ4n) is 2.77. The van der Waals surface area contributed by atoms with E-state index in [9.17, 15) is 13.2 Å². The third kappa shape index (κ3) is 4.55. The summed E-state index contributed by atoms with van der Waals surface area (Å²) in [6.45, 7) is 3.10. The molecule has 3 N–H and O–H groups in total. The third-order valence-corrected chi connectivity index (χ3v) is 5.62. The normalized spacial score (nSPS) is 16.8. The van der Waals surface area contributed by atoms with Crippen LogP contribution in [0.2, 0.25) is 0 Å². The molecule has 0 unspecified atom stereocenters. The summed E-state index contributed by atoms with van der Waals surface area (Å²) in [5, 5.41) is 0. The molecule has 1 fully saturated rings. The van der Waals surface area contributed by atoms with Crippen molar-refractivity contribution in [2.75, 3.05) is 17.8 Å². The van der Waals surface area contributed by atoms with Gasteiger partial charge >= 0.3 is 0 Å². The second-order valence-corrected chi connectivity index (χ2v) is 7.98. The van der Waals surface area contributed by atoms with Crippen LogP contribution in [-0.4, -0.2) is 38.4 Å². The minimum Gasteiger partial charge on any atom is -0.337 e. The largest absolute Gasteiger partial charge is 0.337 e. The van der Waals surface area contributed by atoms with E-state index in [0.29, 0.717) is 24.3 Å². The number of carbonyl (C=O) groups excluding carboxylic acids is 1. The van der Waals surface area contributed by atoms with E-state index in [-0.39, 0.29) is 29.3 Å². The number of halogens is 1. The molecule has 1 aliphatic heterocycles. The van der Waals surface area contributed by atoms with Crippen LogP contribution in [0.25, 0.3) is 0 Å². The first-order valence-corrected chi connectivity index (χ1v) is 9.58. The predicted octanol–water partition coefficient (Wildman–Crippen LogP) is 2.39. The molecule has 2 aromatic carbocycles. The van der Waals surface area contributed by atoms with Crippen molar-refractivity contribution in [3.05, 3.63) is 59.7 Å². The topological polar surface area (TPSA) is 92.5 Å². The second-order valence-electron chi connectivity index (χ2n) is 6.30. The van der Waals surface area contributed by atoms with Gasteiger partial charge in [-0.05, 0) is 49.7 Å². The zero-order chi connectivity index (χ0) is 18.0. The number of hydrogen-bond donors (Lipinski definition) is 2. The zero-order valence-corrected chi connectivity index (χ0v) is 16.0. The standard InChI is InChI=1S/C18H21N3O3S.ClH/c1-13-2-6-16(7-3-13)20-25(23,24)17-8-4-14(5-9-17)18(22)21-11-10-15(19)12-21;/h2-9,15,20H,10-12,19H2,1H3;1H/t15-;/m1./s1. The lowest BCUT2D eigenvalue weighted by atomic mass is 10.2. The maximum Gasteiger partial charge on any atom is 0.261 e. The number of nitrogens with two attached hydrogens (primary N) is 1. The molecule has 1 heterocycles. The van der Waals surface area contributed by atoms with Gasteiger partial charge < -0.3 is 10.6 Å². The molecule has 8 heteroatoms. The van der Waals surface area contributed by atoms with Gasteiger partial charge in [-0.2, -0.15) is 0 Å². The molecule has 26 heavy (non-hydrogen) atoms. The van der Waals surface area contributed by atoms with Gasteiger partial charge in [0.05, 0.1) is 4.90 Å². The molecular formula is C18H22ClN3O3S. The van der Waals surface area contributed by atoms with Crippen LogP contribution in [0.1, 0.15) is 22.3 Å². The van der Waals surface area contributed by atoms with E-state index < -0.39 is 10.0 Å². The molecular weight excluding hydrogens is 374 g/mol. The van der Waals surface area contributed by atoms with Crippen molar-refractivity contribution < 1.29 is 13.2 Å². The lowest BCUT2D eigenvalue weighted by Crippen LogP contribution is -2.31. The smallest absolute Gasteiger partial charge is 0.261 e. The number of carbonyl (C=O) groups is 1. The molecule has 140 valence electrons. The van der Waals surface area contributed by atoms with Crippen molar-refractivity contribution in [1.82, 2.24) is 4.90 Å². The number of benzene rings is 2. The van der Waals surface area contributed by atoms with Crippen LogP contribution in [0, 0.1) is 6.92 Å². The first kappa shape index (κ1) is 20.2. The highest BCUT2D eigenvalue weighted by Crippen LogP contribution is 2.18. The minimum atomic E-state index is -3.69. The third-order valence-electron chi connectivity index (χ3n) is 4.23. The summed E-state index contributed by atoms with van der Waals surface area (Å²) >= 11 is 0. The Bertz CT molecular complexity index is 868. The zero-order valence-electron chi connectivity index (χ0n) is 14.4. The van der Waals surface area contributed by atoms with Gasteiger partial charge in [0, 0.05) is 30.4 Å². The Morgan fingerprint density at radius 2 is 1.73 bits per heavy atom. The van der Waals surface area contributed by atoms with Gasteiger partial charge in [0.15, 0.2) is 0 Å². The van der Waals surface area contributed by atoms with Gasteiger partial charge in [-0.3, -0.25) is 9.52 Å². The minimum absolute atomic E-state index is 0. The lowest BCUT2D eigenvalue weighted by molar-refractivity contribution is 0.0791. The maximum absolute atomic E-state index is 12.4. The average Bonchev–Trinajstić information content (AvgIpc) is 3.03. The Labute approximate surface area is 159 Å². The van der Waals surface area contributed by atoms with E-state index in [0.717, 1.165) is 12.0 Å². The van der Waals surface area contributed by atoms with Gasteiger partial charge in [-0.1, -0.05) is 17.7 Å². The molecule has 0 spiro atoms. The van der Waals surface area contributed by atoms with Crippen LogP contribution < -0.4 is 10.5 Å². The molecule has 3 rings (SSSR count). The van der Waals surface area contributed by atoms with Crippen LogP contribution in [0.15, 0.2) is 53.4 Å². The molecule has 0 aromatic heterocycles. The fraction of sp³-hybridized carbons (Fsp3) is 0.278. The highest BCUT2D eigenvalue weighted by atomic mass is 35.5. The summed E-state index contributed by atoms with van der Waals surface area (Å²) in [6, 6.07) is 13.1. The van der Waals surface area contributed by atoms with E-state index in [2.05, 4.69) is 4.72 Å². The number of hydrogen-bond acceptors (Lipinski definition) is 4. The molecule has 0 bridgehead atoms. The Kier molecular flexibility index (Phi) is 6.28. The molecule has 1 amide bonds. The summed E-state index contributed by atoms with van der Waals surface area (Å²) in [6.07, 6.45) is 0.790. The molecule has 1 atom stereocenters. The molecule has 2 aromatic rings.